The van der Waals surface area contributed by atoms with Gasteiger partial charge in [-0.25, -0.2) is 9.59 Å². The molecule has 0 aromatic heterocycles. The Balaban J connectivity index is 1.82. The Morgan fingerprint density at radius 1 is 0.688 bits per heavy atom. The lowest BCUT2D eigenvalue weighted by molar-refractivity contribution is -0.384. The number of fused-ring (bicyclic) bond motifs is 3. The lowest BCUT2D eigenvalue weighted by Crippen LogP contribution is -2.26. The fourth-order valence-corrected chi connectivity index (χ4v) is 6.60. The molecule has 4 aromatic carbocycles. The Bertz CT molecular complexity index is 1870. The molecule has 246 valence electrons. The number of nitrogens with zero attached hydrogens (tertiary/aromatic N) is 3. The number of carbonyl (C=O) groups excluding carboxylic acids is 2. The van der Waals surface area contributed by atoms with Gasteiger partial charge in [0.15, 0.2) is 0 Å². The zero-order valence-corrected chi connectivity index (χ0v) is 27.7. The van der Waals surface area contributed by atoms with E-state index in [9.17, 15) is 19.7 Å². The molecule has 0 saturated carbocycles. The van der Waals surface area contributed by atoms with Crippen molar-refractivity contribution < 1.29 is 24.2 Å². The molecule has 0 N–H and O–H groups in total. The van der Waals surface area contributed by atoms with Crippen LogP contribution in [0.4, 0.5) is 5.69 Å². The van der Waals surface area contributed by atoms with Gasteiger partial charge in [-0.05, 0) is 41.7 Å². The van der Waals surface area contributed by atoms with Gasteiger partial charge in [0.05, 0.1) is 10.5 Å². The zero-order valence-electron chi connectivity index (χ0n) is 27.7. The summed E-state index contributed by atoms with van der Waals surface area (Å²) in [6.07, 6.45) is 5.18. The summed E-state index contributed by atoms with van der Waals surface area (Å²) >= 11 is 0. The van der Waals surface area contributed by atoms with E-state index in [1.54, 1.807) is 0 Å². The van der Waals surface area contributed by atoms with Gasteiger partial charge in [0, 0.05) is 47.6 Å². The summed E-state index contributed by atoms with van der Waals surface area (Å²) in [5.41, 5.74) is 6.04. The van der Waals surface area contributed by atoms with E-state index >= 15 is 0 Å². The molecule has 0 fully saturated rings. The van der Waals surface area contributed by atoms with Crippen molar-refractivity contribution in [2.24, 2.45) is 10.3 Å². The average molecular weight is 646 g/mol. The molecule has 5 rings (SSSR count). The Morgan fingerprint density at radius 3 is 1.67 bits per heavy atom. The third-order valence-electron chi connectivity index (χ3n) is 8.72. The first-order valence-electron chi connectivity index (χ1n) is 16.3. The van der Waals surface area contributed by atoms with Gasteiger partial charge in [-0.1, -0.05) is 123 Å². The van der Waals surface area contributed by atoms with Crippen LogP contribution in [0.3, 0.4) is 0 Å². The maximum Gasteiger partial charge on any atom is 0.332 e. The van der Waals surface area contributed by atoms with Gasteiger partial charge in [0.2, 0.25) is 0 Å². The Hall–Kier alpha value is -5.44. The fraction of sp³-hybridized carbons (Fsp3) is 0.282. The lowest BCUT2D eigenvalue weighted by atomic mass is 9.70. The highest BCUT2D eigenvalue weighted by Crippen LogP contribution is 2.57. The van der Waals surface area contributed by atoms with Crippen molar-refractivity contribution in [3.63, 3.8) is 0 Å². The molecule has 0 atom stereocenters. The van der Waals surface area contributed by atoms with Gasteiger partial charge in [0.25, 0.3) is 5.69 Å². The maximum atomic E-state index is 12.9. The minimum Gasteiger partial charge on any atom is -0.318 e. The lowest BCUT2D eigenvalue weighted by Gasteiger charge is -2.33. The van der Waals surface area contributed by atoms with Crippen LogP contribution in [0.15, 0.2) is 101 Å². The Labute approximate surface area is 280 Å². The monoisotopic (exact) mass is 645 g/mol. The number of nitro benzene ring substituents is 1. The van der Waals surface area contributed by atoms with Crippen LogP contribution in [-0.4, -0.2) is 28.3 Å². The minimum atomic E-state index is -0.594. The van der Waals surface area contributed by atoms with E-state index in [0.29, 0.717) is 28.1 Å². The molecule has 0 bridgehead atoms. The third-order valence-corrected chi connectivity index (χ3v) is 8.72. The van der Waals surface area contributed by atoms with Crippen molar-refractivity contribution in [1.29, 1.82) is 0 Å². The van der Waals surface area contributed by atoms with Crippen LogP contribution >= 0.6 is 0 Å². The quantitative estimate of drug-likeness (QED) is 0.0620. The number of benzene rings is 4. The largest absolute Gasteiger partial charge is 0.332 e. The molecule has 0 unspecified atom stereocenters. The molecule has 0 heterocycles. The van der Waals surface area contributed by atoms with Gasteiger partial charge in [-0.15, -0.1) is 0 Å². The van der Waals surface area contributed by atoms with E-state index in [1.165, 1.54) is 19.9 Å². The highest BCUT2D eigenvalue weighted by molar-refractivity contribution is 6.15. The second kappa shape index (κ2) is 15.0. The van der Waals surface area contributed by atoms with Crippen LogP contribution in [0.5, 0.6) is 0 Å². The van der Waals surface area contributed by atoms with Crippen LogP contribution in [0.25, 0.3) is 11.1 Å². The summed E-state index contributed by atoms with van der Waals surface area (Å²) in [5.74, 6) is -1.13. The van der Waals surface area contributed by atoms with Crippen molar-refractivity contribution in [3.8, 4) is 11.1 Å². The maximum absolute atomic E-state index is 12.9. The number of oxime groups is 2. The van der Waals surface area contributed by atoms with Crippen molar-refractivity contribution in [2.45, 2.75) is 71.6 Å². The number of hydrogen-bond acceptors (Lipinski definition) is 8. The average Bonchev–Trinajstić information content (AvgIpc) is 3.35. The van der Waals surface area contributed by atoms with E-state index in [0.717, 1.165) is 66.3 Å². The van der Waals surface area contributed by atoms with E-state index in [2.05, 4.69) is 30.2 Å². The third kappa shape index (κ3) is 6.95. The Morgan fingerprint density at radius 2 is 1.19 bits per heavy atom. The number of hydrogen-bond donors (Lipinski definition) is 0. The second-order valence-electron chi connectivity index (χ2n) is 12.0. The highest BCUT2D eigenvalue weighted by Gasteiger charge is 2.46. The van der Waals surface area contributed by atoms with Gasteiger partial charge in [0.1, 0.15) is 11.4 Å². The van der Waals surface area contributed by atoms with Crippen LogP contribution < -0.4 is 0 Å². The first kappa shape index (κ1) is 33.9. The van der Waals surface area contributed by atoms with Gasteiger partial charge in [-0.2, -0.15) is 0 Å². The summed E-state index contributed by atoms with van der Waals surface area (Å²) in [7, 11) is 0. The smallest absolute Gasteiger partial charge is 0.318 e. The molecule has 48 heavy (non-hydrogen) atoms. The van der Waals surface area contributed by atoms with Crippen molar-refractivity contribution in [2.75, 3.05) is 0 Å². The van der Waals surface area contributed by atoms with Gasteiger partial charge >= 0.3 is 11.9 Å². The Kier molecular flexibility index (Phi) is 10.6. The number of carbonyl (C=O) groups is 2. The van der Waals surface area contributed by atoms with Crippen molar-refractivity contribution >= 4 is 29.0 Å². The van der Waals surface area contributed by atoms with E-state index in [1.807, 2.05) is 78.9 Å². The van der Waals surface area contributed by atoms with E-state index < -0.39 is 17.4 Å². The molecule has 9 heteroatoms. The standard InChI is InChI=1S/C39H39N3O6/c1-5-7-21-39(22-8-6-2)33-23-30(37(40-47-26(3)43)28-15-11-9-12-16-28)19-20-32(33)36-34(39)24-31(25-35(36)42(45)46)38(41-48-27(4)44)29-17-13-10-14-18-29/h9-20,23-25H,5-8,21-22H2,1-4H3/b40-37+,41-38+. The predicted octanol–water partition coefficient (Wildman–Crippen LogP) is 8.87. The molecule has 1 aliphatic rings. The number of unbranched alkanes of at least 4 members (excludes halogenated alkanes) is 2. The number of nitro groups is 1. The molecule has 0 radical (unpaired) electrons. The first-order valence-corrected chi connectivity index (χ1v) is 16.3. The summed E-state index contributed by atoms with van der Waals surface area (Å²) < 4.78 is 0. The zero-order chi connectivity index (χ0) is 34.3. The minimum absolute atomic E-state index is 0.0466. The molecule has 9 nitrogen and oxygen atoms in total. The molecule has 0 amide bonds. The predicted molar refractivity (Wildman–Crippen MR) is 186 cm³/mol. The van der Waals surface area contributed by atoms with Crippen LogP contribution in [0.2, 0.25) is 0 Å². The summed E-state index contributed by atoms with van der Waals surface area (Å²) in [5, 5.41) is 21.4. The summed E-state index contributed by atoms with van der Waals surface area (Å²) in [6, 6.07) is 28.1. The topological polar surface area (TPSA) is 120 Å². The van der Waals surface area contributed by atoms with Crippen LogP contribution in [0, 0.1) is 10.1 Å². The number of rotatable bonds is 13. The van der Waals surface area contributed by atoms with Crippen molar-refractivity contribution in [1.82, 2.24) is 0 Å². The highest BCUT2D eigenvalue weighted by atomic mass is 16.7. The molecule has 0 aliphatic heterocycles. The SMILES string of the molecule is CCCCC1(CCCC)c2cc(/C(=N/OC(C)=O)c3ccccc3)ccc2-c2c([N+](=O)[O-])cc(/C(=N/OC(C)=O)c3ccccc3)cc21. The molecule has 1 aliphatic carbocycles. The normalized spacial score (nSPS) is 13.4. The van der Waals surface area contributed by atoms with Gasteiger partial charge in [-0.3, -0.25) is 10.1 Å². The summed E-state index contributed by atoms with van der Waals surface area (Å²) in [4.78, 5) is 46.5. The van der Waals surface area contributed by atoms with Crippen LogP contribution in [0.1, 0.15) is 99.6 Å². The molecular formula is C39H39N3O6. The van der Waals surface area contributed by atoms with Crippen molar-refractivity contribution in [3.05, 3.63) is 134 Å². The fourth-order valence-electron chi connectivity index (χ4n) is 6.60. The second-order valence-corrected chi connectivity index (χ2v) is 12.0. The first-order chi connectivity index (χ1) is 23.2. The van der Waals surface area contributed by atoms with E-state index in [4.69, 9.17) is 9.68 Å². The van der Waals surface area contributed by atoms with Gasteiger partial charge < -0.3 is 9.68 Å². The molecular weight excluding hydrogens is 606 g/mol. The molecule has 0 saturated heterocycles. The van der Waals surface area contributed by atoms with Crippen LogP contribution in [-0.2, 0) is 24.7 Å². The molecule has 0 spiro atoms. The molecule has 4 aromatic rings. The summed E-state index contributed by atoms with van der Waals surface area (Å²) in [6.45, 7) is 6.84. The van der Waals surface area contributed by atoms with E-state index in [-0.39, 0.29) is 10.6 Å².